The Kier molecular flexibility index (Phi) is 5.16. The Morgan fingerprint density at radius 1 is 1.11 bits per heavy atom. The molecule has 0 aliphatic heterocycles. The number of hydrogen-bond acceptors (Lipinski definition) is 1. The molecule has 1 aliphatic carbocycles. The van der Waals surface area contributed by atoms with Crippen LogP contribution in [0.1, 0.15) is 44.7 Å². The van der Waals surface area contributed by atoms with E-state index in [0.29, 0.717) is 22.0 Å². The van der Waals surface area contributed by atoms with Crippen molar-refractivity contribution in [3.63, 3.8) is 0 Å². The molecular formula is C16H23Cl2N. The van der Waals surface area contributed by atoms with Gasteiger partial charge in [-0.3, -0.25) is 0 Å². The topological polar surface area (TPSA) is 12.0 Å². The van der Waals surface area contributed by atoms with E-state index in [4.69, 9.17) is 23.2 Å². The van der Waals surface area contributed by atoms with Gasteiger partial charge in [0.25, 0.3) is 0 Å². The van der Waals surface area contributed by atoms with Gasteiger partial charge in [-0.05, 0) is 55.7 Å². The summed E-state index contributed by atoms with van der Waals surface area (Å²) in [6, 6.07) is 6.24. The van der Waals surface area contributed by atoms with Crippen molar-refractivity contribution >= 4 is 23.2 Å². The highest BCUT2D eigenvalue weighted by Crippen LogP contribution is 2.42. The highest BCUT2D eigenvalue weighted by atomic mass is 35.5. The normalized spacial score (nSPS) is 29.2. The van der Waals surface area contributed by atoms with Gasteiger partial charge >= 0.3 is 0 Å². The number of benzene rings is 1. The van der Waals surface area contributed by atoms with Gasteiger partial charge in [-0.15, -0.1) is 0 Å². The van der Waals surface area contributed by atoms with Crippen molar-refractivity contribution in [1.29, 1.82) is 0 Å². The molecule has 1 aliphatic rings. The van der Waals surface area contributed by atoms with Crippen molar-refractivity contribution in [2.45, 2.75) is 39.2 Å². The summed E-state index contributed by atoms with van der Waals surface area (Å²) in [6.07, 6.45) is 3.87. The van der Waals surface area contributed by atoms with Gasteiger partial charge in [-0.1, -0.05) is 49.2 Å². The third-order valence-electron chi connectivity index (χ3n) is 4.31. The first-order valence-electron chi connectivity index (χ1n) is 7.14. The molecule has 106 valence electrons. The summed E-state index contributed by atoms with van der Waals surface area (Å²) in [4.78, 5) is 0. The maximum atomic E-state index is 6.39. The molecule has 1 saturated carbocycles. The van der Waals surface area contributed by atoms with Gasteiger partial charge in [0.15, 0.2) is 0 Å². The second-order valence-corrected chi connectivity index (χ2v) is 6.87. The van der Waals surface area contributed by atoms with Crippen LogP contribution in [0.2, 0.25) is 10.0 Å². The fourth-order valence-electron chi connectivity index (χ4n) is 3.69. The molecule has 0 amide bonds. The Balaban J connectivity index is 2.26. The van der Waals surface area contributed by atoms with Gasteiger partial charge in [0, 0.05) is 6.04 Å². The SMILES string of the molecule is CNC(c1cccc(Cl)c1Cl)C1CC(C)CC(C)C1. The van der Waals surface area contributed by atoms with E-state index in [2.05, 4.69) is 25.2 Å². The standard InChI is InChI=1S/C16H23Cl2N/c1-10-7-11(2)9-12(8-10)16(19-3)13-5-4-6-14(17)15(13)18/h4-6,10-12,16,19H,7-9H2,1-3H3. The zero-order valence-corrected chi connectivity index (χ0v) is 13.4. The van der Waals surface area contributed by atoms with Crippen molar-refractivity contribution in [2.24, 2.45) is 17.8 Å². The van der Waals surface area contributed by atoms with Gasteiger partial charge in [0.2, 0.25) is 0 Å². The smallest absolute Gasteiger partial charge is 0.0640 e. The van der Waals surface area contributed by atoms with Crippen LogP contribution in [-0.4, -0.2) is 7.05 Å². The van der Waals surface area contributed by atoms with Crippen LogP contribution in [-0.2, 0) is 0 Å². The third-order valence-corrected chi connectivity index (χ3v) is 5.15. The molecule has 1 N–H and O–H groups in total. The van der Waals surface area contributed by atoms with Crippen molar-refractivity contribution in [2.75, 3.05) is 7.05 Å². The second-order valence-electron chi connectivity index (χ2n) is 6.09. The van der Waals surface area contributed by atoms with E-state index in [-0.39, 0.29) is 0 Å². The van der Waals surface area contributed by atoms with E-state index in [1.54, 1.807) is 0 Å². The summed E-state index contributed by atoms with van der Waals surface area (Å²) in [5.41, 5.74) is 1.14. The lowest BCUT2D eigenvalue weighted by Crippen LogP contribution is -2.31. The molecule has 0 bridgehead atoms. The van der Waals surface area contributed by atoms with Crippen LogP contribution >= 0.6 is 23.2 Å². The fourth-order valence-corrected chi connectivity index (χ4v) is 4.11. The maximum absolute atomic E-state index is 6.39. The summed E-state index contributed by atoms with van der Waals surface area (Å²) in [7, 11) is 2.02. The minimum absolute atomic E-state index is 0.302. The van der Waals surface area contributed by atoms with Crippen molar-refractivity contribution < 1.29 is 0 Å². The molecule has 3 unspecified atom stereocenters. The molecule has 1 aromatic carbocycles. The molecule has 0 heterocycles. The quantitative estimate of drug-likeness (QED) is 0.796. The summed E-state index contributed by atoms with van der Waals surface area (Å²) in [6.45, 7) is 4.71. The Morgan fingerprint density at radius 2 is 1.74 bits per heavy atom. The molecule has 1 fully saturated rings. The molecular weight excluding hydrogens is 277 g/mol. The Bertz CT molecular complexity index is 423. The Morgan fingerprint density at radius 3 is 2.32 bits per heavy atom. The number of hydrogen-bond donors (Lipinski definition) is 1. The fraction of sp³-hybridized carbons (Fsp3) is 0.625. The van der Waals surface area contributed by atoms with E-state index in [0.717, 1.165) is 17.4 Å². The lowest BCUT2D eigenvalue weighted by atomic mass is 9.72. The van der Waals surface area contributed by atoms with Gasteiger partial charge in [0.05, 0.1) is 10.0 Å². The van der Waals surface area contributed by atoms with E-state index in [9.17, 15) is 0 Å². The van der Waals surface area contributed by atoms with Crippen LogP contribution in [0.3, 0.4) is 0 Å². The molecule has 0 saturated heterocycles. The van der Waals surface area contributed by atoms with Crippen LogP contribution in [0.15, 0.2) is 18.2 Å². The van der Waals surface area contributed by atoms with E-state index >= 15 is 0 Å². The molecule has 19 heavy (non-hydrogen) atoms. The zero-order chi connectivity index (χ0) is 14.0. The summed E-state index contributed by atoms with van der Waals surface area (Å²) in [5, 5.41) is 4.81. The van der Waals surface area contributed by atoms with E-state index < -0.39 is 0 Å². The lowest BCUT2D eigenvalue weighted by molar-refractivity contribution is 0.180. The Labute approximate surface area is 126 Å². The Hall–Kier alpha value is -0.240. The van der Waals surface area contributed by atoms with Crippen molar-refractivity contribution in [3.8, 4) is 0 Å². The molecule has 1 aromatic rings. The summed E-state index contributed by atoms with van der Waals surface area (Å²) < 4.78 is 0. The zero-order valence-electron chi connectivity index (χ0n) is 11.9. The van der Waals surface area contributed by atoms with Crippen LogP contribution in [0, 0.1) is 17.8 Å². The molecule has 0 spiro atoms. The summed E-state index contributed by atoms with van der Waals surface area (Å²) in [5.74, 6) is 2.23. The minimum atomic E-state index is 0.302. The highest BCUT2D eigenvalue weighted by Gasteiger charge is 2.31. The first-order valence-corrected chi connectivity index (χ1v) is 7.89. The average molecular weight is 300 g/mol. The lowest BCUT2D eigenvalue weighted by Gasteiger charge is -2.37. The number of nitrogens with one attached hydrogen (secondary N) is 1. The maximum Gasteiger partial charge on any atom is 0.0640 e. The predicted octanol–water partition coefficient (Wildman–Crippen LogP) is 5.33. The van der Waals surface area contributed by atoms with E-state index in [1.165, 1.54) is 19.3 Å². The molecule has 3 heteroatoms. The van der Waals surface area contributed by atoms with E-state index in [1.807, 2.05) is 19.2 Å². The predicted molar refractivity (Wildman–Crippen MR) is 83.9 cm³/mol. The molecule has 0 aromatic heterocycles. The first-order chi connectivity index (χ1) is 9.02. The van der Waals surface area contributed by atoms with Crippen molar-refractivity contribution in [3.05, 3.63) is 33.8 Å². The average Bonchev–Trinajstić information content (AvgIpc) is 2.34. The summed E-state index contributed by atoms with van der Waals surface area (Å²) >= 11 is 12.5. The van der Waals surface area contributed by atoms with Crippen LogP contribution in [0.5, 0.6) is 0 Å². The number of rotatable bonds is 3. The second kappa shape index (κ2) is 6.47. The van der Waals surface area contributed by atoms with Crippen LogP contribution in [0.25, 0.3) is 0 Å². The molecule has 1 nitrogen and oxygen atoms in total. The number of halogens is 2. The monoisotopic (exact) mass is 299 g/mol. The van der Waals surface area contributed by atoms with Gasteiger partial charge in [-0.2, -0.15) is 0 Å². The minimum Gasteiger partial charge on any atom is -0.313 e. The highest BCUT2D eigenvalue weighted by molar-refractivity contribution is 6.42. The molecule has 0 radical (unpaired) electrons. The van der Waals surface area contributed by atoms with Gasteiger partial charge in [0.1, 0.15) is 0 Å². The van der Waals surface area contributed by atoms with Gasteiger partial charge < -0.3 is 5.32 Å². The third kappa shape index (κ3) is 3.45. The van der Waals surface area contributed by atoms with Crippen LogP contribution in [0.4, 0.5) is 0 Å². The van der Waals surface area contributed by atoms with Gasteiger partial charge in [-0.25, -0.2) is 0 Å². The molecule has 2 rings (SSSR count). The first kappa shape index (κ1) is 15.2. The molecule has 3 atom stereocenters. The van der Waals surface area contributed by atoms with Crippen LogP contribution < -0.4 is 5.32 Å². The largest absolute Gasteiger partial charge is 0.313 e. The van der Waals surface area contributed by atoms with Crippen molar-refractivity contribution in [1.82, 2.24) is 5.32 Å².